The van der Waals surface area contributed by atoms with Crippen molar-refractivity contribution >= 4 is 23.2 Å². The largest absolute Gasteiger partial charge is 0.360 e. The van der Waals surface area contributed by atoms with Crippen molar-refractivity contribution in [3.8, 4) is 0 Å². The van der Waals surface area contributed by atoms with Gasteiger partial charge in [0.1, 0.15) is 0 Å². The summed E-state index contributed by atoms with van der Waals surface area (Å²) in [4.78, 5) is 4.76. The smallest absolute Gasteiger partial charge is 0.150 e. The van der Waals surface area contributed by atoms with Crippen LogP contribution in [-0.2, 0) is 13.1 Å². The monoisotopic (exact) mass is 339 g/mol. The van der Waals surface area contributed by atoms with Crippen molar-refractivity contribution in [1.82, 2.24) is 15.0 Å². The van der Waals surface area contributed by atoms with Crippen LogP contribution in [-0.4, -0.2) is 41.1 Å². The maximum absolute atomic E-state index is 6.25. The van der Waals surface area contributed by atoms with Crippen LogP contribution in [0, 0.1) is 6.92 Å². The summed E-state index contributed by atoms with van der Waals surface area (Å²) in [5, 5.41) is 5.42. The third-order valence-corrected chi connectivity index (χ3v) is 4.67. The van der Waals surface area contributed by atoms with Gasteiger partial charge in [-0.25, -0.2) is 0 Å². The number of aromatic nitrogens is 1. The number of hydrogen-bond donors (Lipinski definition) is 0. The summed E-state index contributed by atoms with van der Waals surface area (Å²) in [5.41, 5.74) is 1.95. The molecule has 3 rings (SSSR count). The maximum atomic E-state index is 6.25. The zero-order valence-electron chi connectivity index (χ0n) is 12.6. The molecule has 1 saturated heterocycles. The molecule has 1 aromatic heterocycles. The first kappa shape index (κ1) is 15.8. The van der Waals surface area contributed by atoms with E-state index in [0.717, 1.165) is 66.3 Å². The lowest BCUT2D eigenvalue weighted by atomic mass is 10.2. The number of hydrogen-bond acceptors (Lipinski definition) is 4. The Bertz CT molecular complexity index is 616. The molecule has 0 saturated carbocycles. The van der Waals surface area contributed by atoms with E-state index in [0.29, 0.717) is 0 Å². The van der Waals surface area contributed by atoms with E-state index < -0.39 is 0 Å². The molecule has 118 valence electrons. The fraction of sp³-hybridized carbons (Fsp3) is 0.438. The Morgan fingerprint density at radius 1 is 1.05 bits per heavy atom. The van der Waals surface area contributed by atoms with Gasteiger partial charge in [-0.3, -0.25) is 9.80 Å². The topological polar surface area (TPSA) is 32.5 Å². The second-order valence-electron chi connectivity index (χ2n) is 5.69. The molecule has 0 bridgehead atoms. The average molecular weight is 340 g/mol. The normalized spacial score (nSPS) is 17.0. The third kappa shape index (κ3) is 3.82. The van der Waals surface area contributed by atoms with E-state index in [1.807, 2.05) is 31.2 Å². The molecule has 1 aromatic carbocycles. The number of rotatable bonds is 4. The lowest BCUT2D eigenvalue weighted by Gasteiger charge is -2.34. The average Bonchev–Trinajstić information content (AvgIpc) is 2.90. The van der Waals surface area contributed by atoms with E-state index in [4.69, 9.17) is 27.7 Å². The van der Waals surface area contributed by atoms with E-state index >= 15 is 0 Å². The van der Waals surface area contributed by atoms with Crippen molar-refractivity contribution in [3.63, 3.8) is 0 Å². The predicted octanol–water partition coefficient (Wildman–Crippen LogP) is 3.61. The van der Waals surface area contributed by atoms with Crippen molar-refractivity contribution in [3.05, 3.63) is 51.3 Å². The summed E-state index contributed by atoms with van der Waals surface area (Å²) in [5.74, 6) is 0.931. The minimum Gasteiger partial charge on any atom is -0.360 e. The molecular formula is C16H19Cl2N3O. The molecule has 2 heterocycles. The van der Waals surface area contributed by atoms with Gasteiger partial charge in [-0.1, -0.05) is 34.4 Å². The third-order valence-electron chi connectivity index (χ3n) is 3.96. The summed E-state index contributed by atoms with van der Waals surface area (Å²) in [6, 6.07) is 7.66. The van der Waals surface area contributed by atoms with Gasteiger partial charge in [0.05, 0.1) is 12.2 Å². The summed E-state index contributed by atoms with van der Waals surface area (Å²) < 4.78 is 5.28. The summed E-state index contributed by atoms with van der Waals surface area (Å²) >= 11 is 12.5. The fourth-order valence-electron chi connectivity index (χ4n) is 2.72. The molecule has 0 unspecified atom stereocenters. The SMILES string of the molecule is Cc1cc(CN2CCN(Cc3c(Cl)cccc3Cl)CC2)on1. The second-order valence-corrected chi connectivity index (χ2v) is 6.50. The van der Waals surface area contributed by atoms with Crippen LogP contribution in [0.3, 0.4) is 0 Å². The van der Waals surface area contributed by atoms with E-state index in [-0.39, 0.29) is 0 Å². The Morgan fingerprint density at radius 2 is 1.64 bits per heavy atom. The van der Waals surface area contributed by atoms with Crippen LogP contribution in [0.2, 0.25) is 10.0 Å². The molecule has 0 aliphatic carbocycles. The molecule has 0 radical (unpaired) electrons. The number of piperazine rings is 1. The molecule has 6 heteroatoms. The van der Waals surface area contributed by atoms with E-state index in [2.05, 4.69) is 15.0 Å². The zero-order chi connectivity index (χ0) is 15.5. The van der Waals surface area contributed by atoms with Crippen LogP contribution >= 0.6 is 23.2 Å². The molecule has 1 aliphatic heterocycles. The Morgan fingerprint density at radius 3 is 2.18 bits per heavy atom. The highest BCUT2D eigenvalue weighted by molar-refractivity contribution is 6.35. The quantitative estimate of drug-likeness (QED) is 0.851. The fourth-order valence-corrected chi connectivity index (χ4v) is 3.24. The molecule has 0 spiro atoms. The highest BCUT2D eigenvalue weighted by Crippen LogP contribution is 2.26. The first-order valence-electron chi connectivity index (χ1n) is 7.41. The van der Waals surface area contributed by atoms with Gasteiger partial charge >= 0.3 is 0 Å². The van der Waals surface area contributed by atoms with E-state index in [1.54, 1.807) is 0 Å². The van der Waals surface area contributed by atoms with Crippen molar-refractivity contribution in [2.75, 3.05) is 26.2 Å². The molecule has 22 heavy (non-hydrogen) atoms. The van der Waals surface area contributed by atoms with E-state index in [9.17, 15) is 0 Å². The van der Waals surface area contributed by atoms with Crippen LogP contribution in [0.15, 0.2) is 28.8 Å². The first-order valence-corrected chi connectivity index (χ1v) is 8.17. The Labute approximate surface area is 140 Å². The highest BCUT2D eigenvalue weighted by Gasteiger charge is 2.19. The van der Waals surface area contributed by atoms with Gasteiger partial charge in [0.15, 0.2) is 5.76 Å². The lowest BCUT2D eigenvalue weighted by Crippen LogP contribution is -2.45. The van der Waals surface area contributed by atoms with Crippen LogP contribution in [0.1, 0.15) is 17.0 Å². The van der Waals surface area contributed by atoms with Crippen molar-refractivity contribution in [2.45, 2.75) is 20.0 Å². The molecule has 4 nitrogen and oxygen atoms in total. The van der Waals surface area contributed by atoms with Gasteiger partial charge < -0.3 is 4.52 Å². The van der Waals surface area contributed by atoms with E-state index in [1.165, 1.54) is 0 Å². The van der Waals surface area contributed by atoms with Gasteiger partial charge in [-0.05, 0) is 19.1 Å². The Balaban J connectivity index is 1.53. The Hall–Kier alpha value is -1.07. The van der Waals surface area contributed by atoms with Crippen LogP contribution in [0.4, 0.5) is 0 Å². The zero-order valence-corrected chi connectivity index (χ0v) is 14.1. The minimum atomic E-state index is 0.743. The van der Waals surface area contributed by atoms with Gasteiger partial charge in [-0.15, -0.1) is 0 Å². The minimum absolute atomic E-state index is 0.743. The highest BCUT2D eigenvalue weighted by atomic mass is 35.5. The molecule has 0 atom stereocenters. The van der Waals surface area contributed by atoms with Crippen LogP contribution < -0.4 is 0 Å². The van der Waals surface area contributed by atoms with Gasteiger partial charge in [0.2, 0.25) is 0 Å². The molecule has 1 fully saturated rings. The molecule has 2 aromatic rings. The standard InChI is InChI=1S/C16H19Cl2N3O/c1-12-9-13(22-19-12)10-20-5-7-21(8-6-20)11-14-15(17)3-2-4-16(14)18/h2-4,9H,5-8,10-11H2,1H3. The lowest BCUT2D eigenvalue weighted by molar-refractivity contribution is 0.114. The Kier molecular flexibility index (Phi) is 5.03. The van der Waals surface area contributed by atoms with Gasteiger partial charge in [-0.2, -0.15) is 0 Å². The van der Waals surface area contributed by atoms with Crippen molar-refractivity contribution in [1.29, 1.82) is 0 Å². The molecule has 0 N–H and O–H groups in total. The number of halogens is 2. The van der Waals surface area contributed by atoms with Crippen LogP contribution in [0.25, 0.3) is 0 Å². The summed E-state index contributed by atoms with van der Waals surface area (Å²) in [7, 11) is 0. The maximum Gasteiger partial charge on any atom is 0.150 e. The van der Waals surface area contributed by atoms with Crippen LogP contribution in [0.5, 0.6) is 0 Å². The first-order chi connectivity index (χ1) is 10.6. The van der Waals surface area contributed by atoms with Crippen molar-refractivity contribution < 1.29 is 4.52 Å². The summed E-state index contributed by atoms with van der Waals surface area (Å²) in [6.45, 7) is 7.56. The number of benzene rings is 1. The summed E-state index contributed by atoms with van der Waals surface area (Å²) in [6.07, 6.45) is 0. The predicted molar refractivity (Wildman–Crippen MR) is 88.3 cm³/mol. The molecule has 0 amide bonds. The molecular weight excluding hydrogens is 321 g/mol. The number of nitrogens with zero attached hydrogens (tertiary/aromatic N) is 3. The van der Waals surface area contributed by atoms with Crippen molar-refractivity contribution in [2.24, 2.45) is 0 Å². The second kappa shape index (κ2) is 7.01. The number of aryl methyl sites for hydroxylation is 1. The van der Waals surface area contributed by atoms with Gasteiger partial charge in [0.25, 0.3) is 0 Å². The molecule has 1 aliphatic rings. The van der Waals surface area contributed by atoms with Gasteiger partial charge in [0, 0.05) is 54.4 Å².